The third-order valence-electron chi connectivity index (χ3n) is 3.24. The van der Waals surface area contributed by atoms with Crippen molar-refractivity contribution in [3.8, 4) is 0 Å². The fourth-order valence-corrected chi connectivity index (χ4v) is 2.26. The lowest BCUT2D eigenvalue weighted by Gasteiger charge is -2.18. The van der Waals surface area contributed by atoms with Gasteiger partial charge in [-0.15, -0.1) is 0 Å². The van der Waals surface area contributed by atoms with Gasteiger partial charge in [-0.3, -0.25) is 4.79 Å². The molecule has 2 aromatic rings. The van der Waals surface area contributed by atoms with Crippen LogP contribution in [0.1, 0.15) is 17.2 Å². The number of hydrogen-bond donors (Lipinski definition) is 2. The predicted molar refractivity (Wildman–Crippen MR) is 83.3 cm³/mol. The molecule has 23 heavy (non-hydrogen) atoms. The maximum Gasteiger partial charge on any atom is 0.416 e. The van der Waals surface area contributed by atoms with Gasteiger partial charge in [0.15, 0.2) is 0 Å². The van der Waals surface area contributed by atoms with E-state index in [9.17, 15) is 18.0 Å². The molecular formula is C16H14ClF3N2O. The van der Waals surface area contributed by atoms with Crippen LogP contribution in [0.15, 0.2) is 48.5 Å². The molecule has 2 aromatic carbocycles. The van der Waals surface area contributed by atoms with Crippen LogP contribution in [-0.4, -0.2) is 13.0 Å². The third kappa shape index (κ3) is 4.24. The molecule has 122 valence electrons. The van der Waals surface area contributed by atoms with Crippen molar-refractivity contribution >= 4 is 23.2 Å². The summed E-state index contributed by atoms with van der Waals surface area (Å²) >= 11 is 5.88. The number of carbonyl (C=O) groups is 1. The lowest BCUT2D eigenvalue weighted by Crippen LogP contribution is -2.30. The largest absolute Gasteiger partial charge is 0.416 e. The number of benzene rings is 2. The number of amides is 1. The second-order valence-electron chi connectivity index (χ2n) is 4.81. The molecule has 0 aliphatic rings. The molecule has 0 fully saturated rings. The average Bonchev–Trinajstić information content (AvgIpc) is 2.50. The van der Waals surface area contributed by atoms with Crippen LogP contribution in [0.3, 0.4) is 0 Å². The molecule has 1 amide bonds. The first kappa shape index (κ1) is 17.3. The van der Waals surface area contributed by atoms with Crippen molar-refractivity contribution in [2.24, 2.45) is 0 Å². The van der Waals surface area contributed by atoms with Crippen LogP contribution < -0.4 is 10.6 Å². The molecule has 0 unspecified atom stereocenters. The molecule has 0 heterocycles. The van der Waals surface area contributed by atoms with Gasteiger partial charge in [-0.25, -0.2) is 0 Å². The van der Waals surface area contributed by atoms with E-state index in [0.29, 0.717) is 5.56 Å². The van der Waals surface area contributed by atoms with E-state index in [2.05, 4.69) is 10.6 Å². The second-order valence-corrected chi connectivity index (χ2v) is 5.22. The van der Waals surface area contributed by atoms with Crippen molar-refractivity contribution in [1.29, 1.82) is 0 Å². The van der Waals surface area contributed by atoms with Crippen LogP contribution >= 0.6 is 11.6 Å². The summed E-state index contributed by atoms with van der Waals surface area (Å²) in [5.41, 5.74) is -0.267. The molecular weight excluding hydrogens is 329 g/mol. The molecule has 2 N–H and O–H groups in total. The number of rotatable bonds is 4. The maximum atomic E-state index is 12.8. The Bertz CT molecular complexity index is 689. The molecule has 0 aromatic heterocycles. The van der Waals surface area contributed by atoms with Crippen LogP contribution in [0.25, 0.3) is 0 Å². The van der Waals surface area contributed by atoms with Crippen molar-refractivity contribution in [3.05, 3.63) is 64.7 Å². The summed E-state index contributed by atoms with van der Waals surface area (Å²) in [6.07, 6.45) is -4.51. The number of anilines is 1. The van der Waals surface area contributed by atoms with Crippen LogP contribution in [0.4, 0.5) is 18.9 Å². The van der Waals surface area contributed by atoms with Gasteiger partial charge in [-0.1, -0.05) is 41.9 Å². The van der Waals surface area contributed by atoms with Gasteiger partial charge in [0.05, 0.1) is 16.3 Å². The molecule has 3 nitrogen and oxygen atoms in total. The summed E-state index contributed by atoms with van der Waals surface area (Å²) in [5, 5.41) is 5.30. The highest BCUT2D eigenvalue weighted by atomic mass is 35.5. The Balaban J connectivity index is 2.26. The summed E-state index contributed by atoms with van der Waals surface area (Å²) in [4.78, 5) is 12.3. The topological polar surface area (TPSA) is 41.1 Å². The first-order valence-electron chi connectivity index (χ1n) is 6.72. The van der Waals surface area contributed by atoms with Gasteiger partial charge < -0.3 is 10.6 Å². The molecule has 2 rings (SSSR count). The zero-order valence-corrected chi connectivity index (χ0v) is 12.9. The lowest BCUT2D eigenvalue weighted by atomic mass is 10.1. The lowest BCUT2D eigenvalue weighted by molar-refractivity contribution is -0.137. The van der Waals surface area contributed by atoms with E-state index in [0.717, 1.165) is 18.2 Å². The normalized spacial score (nSPS) is 12.7. The number of nitrogens with one attached hydrogen (secondary N) is 2. The van der Waals surface area contributed by atoms with E-state index < -0.39 is 23.7 Å². The van der Waals surface area contributed by atoms with Gasteiger partial charge in [0.2, 0.25) is 5.91 Å². The maximum absolute atomic E-state index is 12.8. The van der Waals surface area contributed by atoms with Gasteiger partial charge in [-0.05, 0) is 30.8 Å². The summed E-state index contributed by atoms with van der Waals surface area (Å²) in [7, 11) is 1.59. The Morgan fingerprint density at radius 1 is 1.13 bits per heavy atom. The molecule has 7 heteroatoms. The van der Waals surface area contributed by atoms with Crippen molar-refractivity contribution in [3.63, 3.8) is 0 Å². The number of halogens is 4. The fraction of sp³-hybridized carbons (Fsp3) is 0.188. The van der Waals surface area contributed by atoms with Crippen LogP contribution in [0.5, 0.6) is 0 Å². The monoisotopic (exact) mass is 342 g/mol. The van der Waals surface area contributed by atoms with E-state index in [1.807, 2.05) is 0 Å². The predicted octanol–water partition coefficient (Wildman–Crippen LogP) is 4.26. The smallest absolute Gasteiger partial charge is 0.323 e. The summed E-state index contributed by atoms with van der Waals surface area (Å²) in [6, 6.07) is 10.9. The Labute approximate surface area is 136 Å². The highest BCUT2D eigenvalue weighted by Gasteiger charge is 2.31. The second kappa shape index (κ2) is 7.02. The zero-order chi connectivity index (χ0) is 17.0. The highest BCUT2D eigenvalue weighted by Crippen LogP contribution is 2.34. The fourth-order valence-electron chi connectivity index (χ4n) is 2.10. The first-order valence-corrected chi connectivity index (χ1v) is 7.10. The third-order valence-corrected chi connectivity index (χ3v) is 3.56. The molecule has 0 saturated carbocycles. The number of hydrogen-bond acceptors (Lipinski definition) is 2. The number of likely N-dealkylation sites (N-methyl/N-ethyl adjacent to an activating group) is 1. The highest BCUT2D eigenvalue weighted by molar-refractivity contribution is 6.33. The van der Waals surface area contributed by atoms with E-state index in [1.165, 1.54) is 0 Å². The van der Waals surface area contributed by atoms with Crippen molar-refractivity contribution in [1.82, 2.24) is 5.32 Å². The first-order chi connectivity index (χ1) is 10.8. The van der Waals surface area contributed by atoms with Gasteiger partial charge in [0, 0.05) is 0 Å². The molecule has 0 aliphatic heterocycles. The molecule has 0 bridgehead atoms. The van der Waals surface area contributed by atoms with Gasteiger partial charge in [-0.2, -0.15) is 13.2 Å². The van der Waals surface area contributed by atoms with Gasteiger partial charge >= 0.3 is 6.18 Å². The van der Waals surface area contributed by atoms with E-state index >= 15 is 0 Å². The zero-order valence-electron chi connectivity index (χ0n) is 12.1. The van der Waals surface area contributed by atoms with Crippen molar-refractivity contribution in [2.75, 3.05) is 12.4 Å². The molecule has 0 aliphatic carbocycles. The number of carbonyl (C=O) groups excluding carboxylic acids is 1. The van der Waals surface area contributed by atoms with Crippen molar-refractivity contribution < 1.29 is 18.0 Å². The Kier molecular flexibility index (Phi) is 5.28. The van der Waals surface area contributed by atoms with E-state index in [1.54, 1.807) is 37.4 Å². The number of alkyl halides is 3. The average molecular weight is 343 g/mol. The SMILES string of the molecule is CN[C@H](C(=O)Nc1cc(C(F)(F)F)ccc1Cl)c1ccccc1. The Morgan fingerprint density at radius 2 is 1.78 bits per heavy atom. The quantitative estimate of drug-likeness (QED) is 0.871. The van der Waals surface area contributed by atoms with Crippen LogP contribution in [0.2, 0.25) is 5.02 Å². The summed E-state index contributed by atoms with van der Waals surface area (Å²) in [5.74, 6) is -0.500. The molecule has 1 atom stereocenters. The van der Waals surface area contributed by atoms with E-state index in [-0.39, 0.29) is 10.7 Å². The van der Waals surface area contributed by atoms with Crippen LogP contribution in [0, 0.1) is 0 Å². The van der Waals surface area contributed by atoms with Gasteiger partial charge in [0.25, 0.3) is 0 Å². The van der Waals surface area contributed by atoms with Crippen molar-refractivity contribution in [2.45, 2.75) is 12.2 Å². The minimum Gasteiger partial charge on any atom is -0.323 e. The minimum absolute atomic E-state index is 0.0364. The Hall–Kier alpha value is -2.05. The molecule has 0 saturated heterocycles. The minimum atomic E-state index is -4.51. The Morgan fingerprint density at radius 3 is 2.35 bits per heavy atom. The van der Waals surface area contributed by atoms with E-state index in [4.69, 9.17) is 11.6 Å². The van der Waals surface area contributed by atoms with Crippen LogP contribution in [-0.2, 0) is 11.0 Å². The summed E-state index contributed by atoms with van der Waals surface area (Å²) < 4.78 is 38.3. The molecule has 0 spiro atoms. The van der Waals surface area contributed by atoms with Gasteiger partial charge in [0.1, 0.15) is 6.04 Å². The molecule has 0 radical (unpaired) electrons. The standard InChI is InChI=1S/C16H14ClF3N2O/c1-21-14(10-5-3-2-4-6-10)15(23)22-13-9-11(16(18,19)20)7-8-12(13)17/h2-9,14,21H,1H3,(H,22,23)/t14-/m0/s1. The summed E-state index contributed by atoms with van der Waals surface area (Å²) in [6.45, 7) is 0.